The third-order valence-electron chi connectivity index (χ3n) is 2.53. The number of methoxy groups -OCH3 is 1. The molecule has 0 spiro atoms. The molecule has 0 aliphatic heterocycles. The van der Waals surface area contributed by atoms with Crippen molar-refractivity contribution in [3.63, 3.8) is 0 Å². The molecule has 0 atom stereocenters. The van der Waals surface area contributed by atoms with E-state index in [4.69, 9.17) is 21.1 Å². The van der Waals surface area contributed by atoms with Crippen molar-refractivity contribution in [2.75, 3.05) is 13.4 Å². The Balaban J connectivity index is 2.14. The molecule has 0 bridgehead atoms. The second kappa shape index (κ2) is 6.28. The average Bonchev–Trinajstić information content (AvgIpc) is 2.44. The maximum atomic E-state index is 11.4. The van der Waals surface area contributed by atoms with E-state index in [0.29, 0.717) is 0 Å². The predicted octanol–water partition coefficient (Wildman–Crippen LogP) is 2.12. The average molecular weight is 329 g/mol. The largest absolute Gasteiger partial charge is 0.497 e. The second-order valence-corrected chi connectivity index (χ2v) is 6.52. The Hall–Kier alpha value is -1.86. The van der Waals surface area contributed by atoms with Gasteiger partial charge in [0.25, 0.3) is 5.16 Å². The smallest absolute Gasteiger partial charge is 0.251 e. The zero-order chi connectivity index (χ0) is 15.5. The van der Waals surface area contributed by atoms with Crippen LogP contribution >= 0.6 is 11.6 Å². The van der Waals surface area contributed by atoms with Crippen LogP contribution in [0.4, 0.5) is 0 Å². The highest BCUT2D eigenvalue weighted by Crippen LogP contribution is 2.18. The molecule has 1 heterocycles. The van der Waals surface area contributed by atoms with Gasteiger partial charge in [0.15, 0.2) is 0 Å². The van der Waals surface area contributed by atoms with Crippen molar-refractivity contribution < 1.29 is 17.9 Å². The number of halogens is 1. The fourth-order valence-electron chi connectivity index (χ4n) is 1.50. The van der Waals surface area contributed by atoms with Gasteiger partial charge in [0.05, 0.1) is 7.11 Å². The molecule has 0 radical (unpaired) electrons. The van der Waals surface area contributed by atoms with E-state index in [-0.39, 0.29) is 22.8 Å². The van der Waals surface area contributed by atoms with Gasteiger partial charge >= 0.3 is 0 Å². The zero-order valence-corrected chi connectivity index (χ0v) is 13.0. The van der Waals surface area contributed by atoms with Gasteiger partial charge in [0.2, 0.25) is 15.7 Å². The molecule has 2 rings (SSSR count). The molecule has 0 saturated carbocycles. The number of benzene rings is 1. The fraction of sp³-hybridized carbons (Fsp3) is 0.231. The highest BCUT2D eigenvalue weighted by Gasteiger charge is 2.14. The van der Waals surface area contributed by atoms with Gasteiger partial charge in [0.1, 0.15) is 17.5 Å². The third kappa shape index (κ3) is 4.30. The van der Waals surface area contributed by atoms with Crippen LogP contribution in [0.5, 0.6) is 11.6 Å². The summed E-state index contributed by atoms with van der Waals surface area (Å²) in [6.45, 7) is 0.223. The highest BCUT2D eigenvalue weighted by atomic mass is 35.5. The maximum absolute atomic E-state index is 11.4. The van der Waals surface area contributed by atoms with E-state index in [1.54, 1.807) is 19.2 Å². The van der Waals surface area contributed by atoms with Crippen LogP contribution < -0.4 is 9.47 Å². The van der Waals surface area contributed by atoms with E-state index in [1.165, 1.54) is 6.07 Å². The summed E-state index contributed by atoms with van der Waals surface area (Å²) in [5.74, 6) is 0.842. The van der Waals surface area contributed by atoms with Crippen LogP contribution in [-0.4, -0.2) is 31.8 Å². The van der Waals surface area contributed by atoms with Gasteiger partial charge in [-0.05, 0) is 17.7 Å². The van der Waals surface area contributed by atoms with Crippen molar-refractivity contribution >= 4 is 21.4 Å². The molecule has 21 heavy (non-hydrogen) atoms. The minimum atomic E-state index is -3.54. The molecule has 6 nitrogen and oxygen atoms in total. The molecule has 0 amide bonds. The molecule has 0 unspecified atom stereocenters. The molecule has 0 fully saturated rings. The van der Waals surface area contributed by atoms with Crippen LogP contribution in [-0.2, 0) is 16.4 Å². The first-order valence-electron chi connectivity index (χ1n) is 5.89. The zero-order valence-electron chi connectivity index (χ0n) is 11.4. The van der Waals surface area contributed by atoms with Gasteiger partial charge in [-0.15, -0.1) is 0 Å². The van der Waals surface area contributed by atoms with Crippen molar-refractivity contribution in [3.05, 3.63) is 41.0 Å². The molecular formula is C13H13ClN2O4S. The molecule has 112 valence electrons. The molecular weight excluding hydrogens is 316 g/mol. The lowest BCUT2D eigenvalue weighted by molar-refractivity contribution is 0.290. The second-order valence-electron chi connectivity index (χ2n) is 4.22. The predicted molar refractivity (Wildman–Crippen MR) is 77.5 cm³/mol. The molecule has 0 aliphatic carbocycles. The van der Waals surface area contributed by atoms with E-state index >= 15 is 0 Å². The summed E-state index contributed by atoms with van der Waals surface area (Å²) in [6.07, 6.45) is 1.01. The lowest BCUT2D eigenvalue weighted by Crippen LogP contribution is -2.06. The van der Waals surface area contributed by atoms with Crippen molar-refractivity contribution in [2.24, 2.45) is 0 Å². The third-order valence-corrected chi connectivity index (χ3v) is 3.57. The van der Waals surface area contributed by atoms with E-state index in [2.05, 4.69) is 9.97 Å². The van der Waals surface area contributed by atoms with Crippen LogP contribution in [0.25, 0.3) is 0 Å². The number of aromatic nitrogens is 2. The summed E-state index contributed by atoms with van der Waals surface area (Å²) < 4.78 is 33.4. The van der Waals surface area contributed by atoms with Crippen LogP contribution in [0.3, 0.4) is 0 Å². The number of rotatable bonds is 5. The lowest BCUT2D eigenvalue weighted by Gasteiger charge is -2.07. The summed E-state index contributed by atoms with van der Waals surface area (Å²) in [6, 6.07) is 8.62. The Kier molecular flexibility index (Phi) is 4.64. The number of hydrogen-bond acceptors (Lipinski definition) is 6. The van der Waals surface area contributed by atoms with Gasteiger partial charge in [-0.3, -0.25) is 0 Å². The minimum absolute atomic E-state index is 0.00940. The topological polar surface area (TPSA) is 78.4 Å². The van der Waals surface area contributed by atoms with Crippen molar-refractivity contribution in [2.45, 2.75) is 11.8 Å². The molecule has 0 aliphatic rings. The maximum Gasteiger partial charge on any atom is 0.251 e. The van der Waals surface area contributed by atoms with Gasteiger partial charge in [0, 0.05) is 12.3 Å². The molecule has 0 saturated heterocycles. The van der Waals surface area contributed by atoms with Crippen molar-refractivity contribution in [1.82, 2.24) is 9.97 Å². The Morgan fingerprint density at radius 2 is 1.86 bits per heavy atom. The van der Waals surface area contributed by atoms with E-state index in [1.807, 2.05) is 12.1 Å². The summed E-state index contributed by atoms with van der Waals surface area (Å²) in [4.78, 5) is 7.48. The Bertz CT molecular complexity index is 732. The van der Waals surface area contributed by atoms with Gasteiger partial charge in [-0.2, -0.15) is 4.98 Å². The summed E-state index contributed by atoms with van der Waals surface area (Å²) in [5.41, 5.74) is 0.881. The number of nitrogens with zero attached hydrogens (tertiary/aromatic N) is 2. The standard InChI is InChI=1S/C13H13ClN2O4S/c1-19-10-5-3-9(4-6-10)8-20-12-7-11(14)15-13(16-12)21(2,17)18/h3-7H,8H2,1-2H3. The fourth-order valence-corrected chi connectivity index (χ4v) is 2.24. The molecule has 8 heteroatoms. The van der Waals surface area contributed by atoms with Gasteiger partial charge in [-0.1, -0.05) is 23.7 Å². The SMILES string of the molecule is COc1ccc(COc2cc(Cl)nc(S(C)(=O)=O)n2)cc1. The van der Waals surface area contributed by atoms with Crippen molar-refractivity contribution in [1.29, 1.82) is 0 Å². The monoisotopic (exact) mass is 328 g/mol. The normalized spacial score (nSPS) is 11.2. The van der Waals surface area contributed by atoms with Crippen LogP contribution in [0.2, 0.25) is 5.15 Å². The lowest BCUT2D eigenvalue weighted by atomic mass is 10.2. The Morgan fingerprint density at radius 1 is 1.19 bits per heavy atom. The van der Waals surface area contributed by atoms with E-state index in [0.717, 1.165) is 17.6 Å². The summed E-state index contributed by atoms with van der Waals surface area (Å²) in [5, 5.41) is -0.352. The van der Waals surface area contributed by atoms with Gasteiger partial charge in [-0.25, -0.2) is 13.4 Å². The number of hydrogen-bond donors (Lipinski definition) is 0. The number of sulfone groups is 1. The first kappa shape index (κ1) is 15.5. The quantitative estimate of drug-likeness (QED) is 0.618. The van der Waals surface area contributed by atoms with E-state index < -0.39 is 9.84 Å². The van der Waals surface area contributed by atoms with Crippen molar-refractivity contribution in [3.8, 4) is 11.6 Å². The highest BCUT2D eigenvalue weighted by molar-refractivity contribution is 7.90. The minimum Gasteiger partial charge on any atom is -0.497 e. The summed E-state index contributed by atoms with van der Waals surface area (Å²) in [7, 11) is -1.96. The Morgan fingerprint density at radius 3 is 2.43 bits per heavy atom. The Labute approximate surface area is 127 Å². The van der Waals surface area contributed by atoms with Gasteiger partial charge < -0.3 is 9.47 Å². The van der Waals surface area contributed by atoms with Crippen LogP contribution in [0.1, 0.15) is 5.56 Å². The molecule has 2 aromatic rings. The van der Waals surface area contributed by atoms with Crippen LogP contribution in [0.15, 0.2) is 35.5 Å². The number of ether oxygens (including phenoxy) is 2. The molecule has 1 aromatic heterocycles. The summed E-state index contributed by atoms with van der Waals surface area (Å²) >= 11 is 5.77. The van der Waals surface area contributed by atoms with Crippen LogP contribution in [0, 0.1) is 0 Å². The first-order chi connectivity index (χ1) is 9.88. The molecule has 1 aromatic carbocycles. The van der Waals surface area contributed by atoms with E-state index in [9.17, 15) is 8.42 Å². The first-order valence-corrected chi connectivity index (χ1v) is 8.16. The molecule has 0 N–H and O–H groups in total.